The highest BCUT2D eigenvalue weighted by atomic mass is 16.4. The average molecular weight is 535 g/mol. The highest BCUT2D eigenvalue weighted by molar-refractivity contribution is 5.78. The molecule has 2 aromatic heterocycles. The van der Waals surface area contributed by atoms with Crippen LogP contribution < -0.4 is 11.3 Å². The second-order valence-electron chi connectivity index (χ2n) is 10.6. The van der Waals surface area contributed by atoms with Gasteiger partial charge in [0.25, 0.3) is 5.56 Å². The van der Waals surface area contributed by atoms with E-state index in [0.717, 1.165) is 29.7 Å². The Bertz CT molecular complexity index is 1290. The van der Waals surface area contributed by atoms with Crippen molar-refractivity contribution in [1.82, 2.24) is 14.5 Å². The van der Waals surface area contributed by atoms with E-state index in [1.807, 2.05) is 52.3 Å². The van der Waals surface area contributed by atoms with Gasteiger partial charge in [0, 0.05) is 43.2 Å². The molecule has 0 saturated carbocycles. The smallest absolute Gasteiger partial charge is 0.303 e. The predicted molar refractivity (Wildman–Crippen MR) is 156 cm³/mol. The van der Waals surface area contributed by atoms with Crippen molar-refractivity contribution in [2.45, 2.75) is 59.4 Å². The van der Waals surface area contributed by atoms with Crippen molar-refractivity contribution in [2.75, 3.05) is 20.6 Å². The van der Waals surface area contributed by atoms with E-state index < -0.39 is 17.9 Å². The second kappa shape index (κ2) is 15.0. The number of amides is 1. The number of aryl methyl sites for hydroxylation is 3. The molecule has 0 aliphatic rings. The van der Waals surface area contributed by atoms with E-state index in [2.05, 4.69) is 35.9 Å². The van der Waals surface area contributed by atoms with E-state index in [9.17, 15) is 14.4 Å². The van der Waals surface area contributed by atoms with Gasteiger partial charge in [0.1, 0.15) is 6.04 Å². The minimum Gasteiger partial charge on any atom is -0.481 e. The largest absolute Gasteiger partial charge is 0.481 e. The Labute approximate surface area is 231 Å². The SMILES string of the molecule is CC(C)CC(C(N)=O)n1cc(CCN(C)C)ccc1=O.Cc1cccc(C)c1-c1cncc(CCC(=O)O)c1. The van der Waals surface area contributed by atoms with Crippen LogP contribution in [0.3, 0.4) is 0 Å². The molecule has 210 valence electrons. The molecule has 0 fully saturated rings. The van der Waals surface area contributed by atoms with Crippen LogP contribution in [0.25, 0.3) is 11.1 Å². The minimum absolute atomic E-state index is 0.137. The predicted octanol–water partition coefficient (Wildman–Crippen LogP) is 4.41. The van der Waals surface area contributed by atoms with Gasteiger partial charge in [-0.05, 0) is 87.0 Å². The van der Waals surface area contributed by atoms with Gasteiger partial charge in [0.15, 0.2) is 0 Å². The molecule has 1 unspecified atom stereocenters. The molecule has 39 heavy (non-hydrogen) atoms. The van der Waals surface area contributed by atoms with E-state index >= 15 is 0 Å². The van der Waals surface area contributed by atoms with Crippen molar-refractivity contribution in [3.63, 3.8) is 0 Å². The van der Waals surface area contributed by atoms with Crippen molar-refractivity contribution in [3.8, 4) is 11.1 Å². The number of primary amides is 1. The molecular formula is C31H42N4O4. The summed E-state index contributed by atoms with van der Waals surface area (Å²) in [6.45, 7) is 9.07. The molecule has 3 aromatic rings. The minimum atomic E-state index is -0.780. The first-order chi connectivity index (χ1) is 18.4. The summed E-state index contributed by atoms with van der Waals surface area (Å²) < 4.78 is 1.48. The van der Waals surface area contributed by atoms with Gasteiger partial charge in [-0.3, -0.25) is 19.4 Å². The Morgan fingerprint density at radius 1 is 1.03 bits per heavy atom. The molecule has 0 saturated heterocycles. The normalized spacial score (nSPS) is 11.7. The van der Waals surface area contributed by atoms with Crippen LogP contribution in [-0.4, -0.2) is 52.1 Å². The van der Waals surface area contributed by atoms with Gasteiger partial charge in [-0.2, -0.15) is 0 Å². The Morgan fingerprint density at radius 3 is 2.26 bits per heavy atom. The number of carbonyl (C=O) groups is 2. The first kappa shape index (κ1) is 31.4. The van der Waals surface area contributed by atoms with Crippen molar-refractivity contribution in [2.24, 2.45) is 11.7 Å². The number of carboxylic acid groups (broad SMARTS) is 1. The Morgan fingerprint density at radius 2 is 1.69 bits per heavy atom. The zero-order valence-electron chi connectivity index (χ0n) is 24.0. The van der Waals surface area contributed by atoms with E-state index in [1.54, 1.807) is 12.4 Å². The van der Waals surface area contributed by atoms with E-state index in [0.29, 0.717) is 18.8 Å². The summed E-state index contributed by atoms with van der Waals surface area (Å²) in [7, 11) is 4.00. The number of nitrogens with zero attached hydrogens (tertiary/aromatic N) is 3. The third-order valence-electron chi connectivity index (χ3n) is 6.40. The lowest BCUT2D eigenvalue weighted by atomic mass is 9.96. The number of carboxylic acids is 1. The maximum Gasteiger partial charge on any atom is 0.303 e. The van der Waals surface area contributed by atoms with Crippen molar-refractivity contribution < 1.29 is 14.7 Å². The molecule has 0 spiro atoms. The highest BCUT2D eigenvalue weighted by Gasteiger charge is 2.20. The number of hydrogen-bond donors (Lipinski definition) is 2. The Balaban J connectivity index is 0.000000274. The van der Waals surface area contributed by atoms with E-state index in [4.69, 9.17) is 10.8 Å². The van der Waals surface area contributed by atoms with Crippen molar-refractivity contribution >= 4 is 11.9 Å². The molecule has 0 bridgehead atoms. The number of likely N-dealkylation sites (N-methyl/N-ethyl adjacent to an activating group) is 1. The lowest BCUT2D eigenvalue weighted by molar-refractivity contribution is -0.137. The van der Waals surface area contributed by atoms with Crippen LogP contribution in [0.5, 0.6) is 0 Å². The highest BCUT2D eigenvalue weighted by Crippen LogP contribution is 2.27. The summed E-state index contributed by atoms with van der Waals surface area (Å²) in [5, 5.41) is 8.73. The maximum absolute atomic E-state index is 12.0. The summed E-state index contributed by atoms with van der Waals surface area (Å²) in [6.07, 6.45) is 7.40. The molecule has 0 aliphatic carbocycles. The number of aromatic nitrogens is 2. The monoisotopic (exact) mass is 534 g/mol. The number of aliphatic carboxylic acids is 1. The van der Waals surface area contributed by atoms with E-state index in [-0.39, 0.29) is 12.0 Å². The zero-order valence-corrected chi connectivity index (χ0v) is 24.0. The summed E-state index contributed by atoms with van der Waals surface area (Å²) in [5.41, 5.74) is 11.9. The van der Waals surface area contributed by atoms with Crippen LogP contribution in [0.15, 0.2) is 59.8 Å². The fourth-order valence-corrected chi connectivity index (χ4v) is 4.39. The quantitative estimate of drug-likeness (QED) is 0.376. The molecule has 2 heterocycles. The molecule has 3 rings (SSSR count). The van der Waals surface area contributed by atoms with Gasteiger partial charge in [0.2, 0.25) is 5.91 Å². The fraction of sp³-hybridized carbons (Fsp3) is 0.419. The van der Waals surface area contributed by atoms with Crippen molar-refractivity contribution in [3.05, 3.63) is 87.6 Å². The Kier molecular flexibility index (Phi) is 12.1. The van der Waals surface area contributed by atoms with Gasteiger partial charge < -0.3 is 20.3 Å². The zero-order chi connectivity index (χ0) is 29.1. The standard InChI is InChI=1S/C16H17NO2.C15H25N3O2/c1-11-4-3-5-12(2)16(11)14-8-13(9-17-10-14)6-7-15(18)19;1-11(2)9-13(15(16)20)18-10-12(5-6-14(18)19)7-8-17(3)4/h3-5,8-10H,6-7H2,1-2H3,(H,18,19);5-6,10-11,13H,7-9H2,1-4H3,(H2,16,20). The summed E-state index contributed by atoms with van der Waals surface area (Å²) >= 11 is 0. The van der Waals surface area contributed by atoms with Gasteiger partial charge in [0.05, 0.1) is 0 Å². The van der Waals surface area contributed by atoms with E-state index in [1.165, 1.54) is 27.3 Å². The molecule has 1 aromatic carbocycles. The molecule has 8 heteroatoms. The number of carbonyl (C=O) groups excluding carboxylic acids is 1. The number of benzene rings is 1. The third-order valence-corrected chi connectivity index (χ3v) is 6.40. The summed E-state index contributed by atoms with van der Waals surface area (Å²) in [6, 6.07) is 11.0. The number of hydrogen-bond acceptors (Lipinski definition) is 5. The van der Waals surface area contributed by atoms with Gasteiger partial charge in [-0.1, -0.05) is 38.1 Å². The first-order valence-corrected chi connectivity index (χ1v) is 13.3. The van der Waals surface area contributed by atoms with Gasteiger partial charge in [-0.15, -0.1) is 0 Å². The molecule has 1 atom stereocenters. The first-order valence-electron chi connectivity index (χ1n) is 13.3. The molecule has 0 aliphatic heterocycles. The average Bonchev–Trinajstić information content (AvgIpc) is 2.86. The van der Waals surface area contributed by atoms with Crippen molar-refractivity contribution in [1.29, 1.82) is 0 Å². The number of pyridine rings is 2. The van der Waals surface area contributed by atoms with Crippen LogP contribution in [0.4, 0.5) is 0 Å². The molecule has 3 N–H and O–H groups in total. The second-order valence-corrected chi connectivity index (χ2v) is 10.6. The van der Waals surface area contributed by atoms with Crippen LogP contribution in [0.1, 0.15) is 55.0 Å². The fourth-order valence-electron chi connectivity index (χ4n) is 4.39. The summed E-state index contributed by atoms with van der Waals surface area (Å²) in [5.74, 6) is -0.937. The number of rotatable bonds is 11. The third kappa shape index (κ3) is 10.1. The van der Waals surface area contributed by atoms with Crippen LogP contribution in [-0.2, 0) is 22.4 Å². The lowest BCUT2D eigenvalue weighted by Crippen LogP contribution is -2.34. The van der Waals surface area contributed by atoms with Crippen LogP contribution >= 0.6 is 0 Å². The molecular weight excluding hydrogens is 492 g/mol. The van der Waals surface area contributed by atoms with Crippen LogP contribution in [0.2, 0.25) is 0 Å². The molecule has 1 amide bonds. The summed E-state index contributed by atoms with van der Waals surface area (Å²) in [4.78, 5) is 40.5. The topological polar surface area (TPSA) is 119 Å². The Hall–Kier alpha value is -3.78. The van der Waals surface area contributed by atoms with Crippen LogP contribution in [0, 0.1) is 19.8 Å². The van der Waals surface area contributed by atoms with Gasteiger partial charge >= 0.3 is 5.97 Å². The van der Waals surface area contributed by atoms with Gasteiger partial charge in [-0.25, -0.2) is 0 Å². The maximum atomic E-state index is 12.0. The molecule has 0 radical (unpaired) electrons. The lowest BCUT2D eigenvalue weighted by Gasteiger charge is -2.19. The number of nitrogens with two attached hydrogens (primary N) is 1. The molecule has 8 nitrogen and oxygen atoms in total.